The number of ether oxygens (including phenoxy) is 2. The molecule has 0 aromatic heterocycles. The zero-order valence-electron chi connectivity index (χ0n) is 16.2. The van der Waals surface area contributed by atoms with Crippen LogP contribution in [0.5, 0.6) is 0 Å². The maximum atomic E-state index is 12.7. The molecule has 2 heterocycles. The van der Waals surface area contributed by atoms with E-state index < -0.39 is 31.2 Å². The van der Waals surface area contributed by atoms with E-state index in [2.05, 4.69) is 0 Å². The normalized spacial score (nSPS) is 50.1. The second kappa shape index (κ2) is 7.12. The highest BCUT2D eigenvalue weighted by Gasteiger charge is 2.62. The summed E-state index contributed by atoms with van der Waals surface area (Å²) in [5.41, 5.74) is -1.44. The molecule has 0 aromatic rings. The number of rotatable bonds is 8. The van der Waals surface area contributed by atoms with Gasteiger partial charge in [-0.3, -0.25) is 9.05 Å². The lowest BCUT2D eigenvalue weighted by molar-refractivity contribution is -0.103. The van der Waals surface area contributed by atoms with E-state index in [1.165, 1.54) is 0 Å². The summed E-state index contributed by atoms with van der Waals surface area (Å²) in [6.45, 7) is 5.70. The molecular weight excluding hydrogens is 369 g/mol. The monoisotopic (exact) mass is 398 g/mol. The van der Waals surface area contributed by atoms with E-state index in [-0.39, 0.29) is 30.4 Å². The van der Waals surface area contributed by atoms with Gasteiger partial charge in [0.05, 0.1) is 18.3 Å². The lowest BCUT2D eigenvalue weighted by Gasteiger charge is -2.33. The summed E-state index contributed by atoms with van der Waals surface area (Å²) in [7, 11) is -0.400. The van der Waals surface area contributed by atoms with Gasteiger partial charge in [-0.2, -0.15) is 0 Å². The Labute approximate surface area is 162 Å². The second-order valence-corrected chi connectivity index (χ2v) is 9.84. The van der Waals surface area contributed by atoms with Crippen LogP contribution in [-0.2, 0) is 23.1 Å². The highest BCUT2D eigenvalue weighted by atomic mass is 31.2. The van der Waals surface area contributed by atoms with Crippen molar-refractivity contribution in [1.29, 1.82) is 0 Å². The van der Waals surface area contributed by atoms with E-state index in [9.17, 15) is 14.6 Å². The highest BCUT2D eigenvalue weighted by Crippen LogP contribution is 2.58. The first kappa shape index (κ1) is 20.4. The van der Waals surface area contributed by atoms with Gasteiger partial charge in [0.15, 0.2) is 0 Å². The molecule has 150 valence electrons. The molecule has 4 aliphatic rings. The maximum absolute atomic E-state index is 12.7. The van der Waals surface area contributed by atoms with Gasteiger partial charge in [-0.1, -0.05) is 20.6 Å². The summed E-state index contributed by atoms with van der Waals surface area (Å²) in [5, 5.41) is 10.5. The minimum atomic E-state index is -4.31. The molecule has 10 heteroatoms. The highest BCUT2D eigenvalue weighted by molar-refractivity contribution is 7.47. The van der Waals surface area contributed by atoms with E-state index >= 15 is 0 Å². The molecule has 2 aliphatic heterocycles. The first-order valence-electron chi connectivity index (χ1n) is 10.1. The van der Waals surface area contributed by atoms with Gasteiger partial charge in [0.25, 0.3) is 0 Å². The number of phosphoric ester groups is 1. The van der Waals surface area contributed by atoms with Crippen molar-refractivity contribution in [3.05, 3.63) is 0 Å². The Morgan fingerprint density at radius 2 is 1.70 bits per heavy atom. The fourth-order valence-electron chi connectivity index (χ4n) is 5.68. The van der Waals surface area contributed by atoms with Gasteiger partial charge >= 0.3 is 7.82 Å². The van der Waals surface area contributed by atoms with Crippen LogP contribution in [0.4, 0.5) is 0 Å². The smallest absolute Gasteiger partial charge is 0.390 e. The van der Waals surface area contributed by atoms with Gasteiger partial charge < -0.3 is 19.5 Å². The molecular formula is C17H29B2O7P. The summed E-state index contributed by atoms with van der Waals surface area (Å²) in [6, 6.07) is -0.196. The topological polar surface area (TPSA) is 94.5 Å². The molecule has 7 nitrogen and oxygen atoms in total. The third kappa shape index (κ3) is 3.18. The average Bonchev–Trinajstić information content (AvgIpc) is 3.35. The molecule has 4 fully saturated rings. The Hall–Kier alpha value is 0.120. The molecule has 0 aromatic carbocycles. The van der Waals surface area contributed by atoms with Gasteiger partial charge in [-0.05, 0) is 32.1 Å². The van der Waals surface area contributed by atoms with Crippen molar-refractivity contribution in [3.63, 3.8) is 0 Å². The molecule has 4 bridgehead atoms. The molecule has 9 atom stereocenters. The molecule has 0 amide bonds. The van der Waals surface area contributed by atoms with Gasteiger partial charge in [-0.15, -0.1) is 0 Å². The quantitative estimate of drug-likeness (QED) is 0.476. The number of fused-ring (bicyclic) bond motifs is 4. The summed E-state index contributed by atoms with van der Waals surface area (Å²) in [4.78, 5) is 10.4. The van der Waals surface area contributed by atoms with Crippen LogP contribution in [0.3, 0.4) is 0 Å². The van der Waals surface area contributed by atoms with Crippen molar-refractivity contribution in [1.82, 2.24) is 0 Å². The first-order valence-corrected chi connectivity index (χ1v) is 11.6. The van der Waals surface area contributed by atoms with Crippen LogP contribution < -0.4 is 0 Å². The molecule has 0 spiro atoms. The minimum absolute atomic E-state index is 0.0286. The molecule has 27 heavy (non-hydrogen) atoms. The fraction of sp³-hybridized carbons (Fsp3) is 1.00. The number of hydrogen-bond donors (Lipinski definition) is 2. The Kier molecular flexibility index (Phi) is 5.38. The van der Waals surface area contributed by atoms with Gasteiger partial charge in [0.1, 0.15) is 26.3 Å². The standard InChI is InChI=1S/C17H29B2O7P/c1-4-16-7-6-11(15(19-3)24-16)13(16)26-27(21,22)23-9-17-8-5-10(12(17)20)14(18-2)25-17/h10-15,20H,4-9H2,1-3H3,(H,21,22)/t10?,11?,12-,13-,14-,15-,16+,17-/m1/s1. The molecule has 2 N–H and O–H groups in total. The largest absolute Gasteiger partial charge is 0.472 e. The van der Waals surface area contributed by atoms with Crippen molar-refractivity contribution in [3.8, 4) is 0 Å². The third-order valence-electron chi connectivity index (χ3n) is 7.21. The van der Waals surface area contributed by atoms with Crippen LogP contribution in [0.2, 0.25) is 13.6 Å². The number of aliphatic hydroxyl groups excluding tert-OH is 1. The van der Waals surface area contributed by atoms with E-state index in [0.717, 1.165) is 25.7 Å². The van der Waals surface area contributed by atoms with Crippen LogP contribution >= 0.6 is 7.82 Å². The average molecular weight is 398 g/mol. The molecule has 3 unspecified atom stereocenters. The van der Waals surface area contributed by atoms with E-state index in [4.69, 9.17) is 18.5 Å². The Balaban J connectivity index is 1.42. The fourth-order valence-corrected chi connectivity index (χ4v) is 6.75. The first-order chi connectivity index (χ1) is 12.8. The van der Waals surface area contributed by atoms with Gasteiger partial charge in [-0.25, -0.2) is 4.57 Å². The molecule has 4 rings (SSSR count). The zero-order valence-corrected chi connectivity index (χ0v) is 17.1. The van der Waals surface area contributed by atoms with Crippen LogP contribution in [0.1, 0.15) is 39.0 Å². The summed E-state index contributed by atoms with van der Waals surface area (Å²) in [6.07, 6.45) is 2.75. The molecule has 2 aliphatic carbocycles. The van der Waals surface area contributed by atoms with Crippen molar-refractivity contribution < 1.29 is 33.1 Å². The van der Waals surface area contributed by atoms with Crippen LogP contribution in [0, 0.1) is 11.8 Å². The van der Waals surface area contributed by atoms with E-state index in [1.807, 2.05) is 35.1 Å². The summed E-state index contributed by atoms with van der Waals surface area (Å²) >= 11 is 0. The molecule has 2 saturated carbocycles. The second-order valence-electron chi connectivity index (χ2n) is 8.43. The molecule has 2 radical (unpaired) electrons. The number of aliphatic hydroxyl groups is 1. The van der Waals surface area contributed by atoms with Crippen molar-refractivity contribution in [2.75, 3.05) is 6.61 Å². The lowest BCUT2D eigenvalue weighted by Crippen LogP contribution is -2.42. The van der Waals surface area contributed by atoms with Gasteiger partial charge in [0.2, 0.25) is 0 Å². The van der Waals surface area contributed by atoms with Gasteiger partial charge in [0, 0.05) is 23.8 Å². The van der Waals surface area contributed by atoms with Crippen molar-refractivity contribution in [2.24, 2.45) is 11.8 Å². The number of hydrogen-bond acceptors (Lipinski definition) is 6. The Morgan fingerprint density at radius 3 is 2.33 bits per heavy atom. The minimum Gasteiger partial charge on any atom is -0.390 e. The van der Waals surface area contributed by atoms with Crippen LogP contribution in [0.25, 0.3) is 0 Å². The predicted octanol–water partition coefficient (Wildman–Crippen LogP) is 1.77. The van der Waals surface area contributed by atoms with E-state index in [0.29, 0.717) is 6.42 Å². The SMILES string of the molecule is C[B][C@@H]1O[C@@]2(COP(=O)(O)O[C@@H]3C4CC[C@]3(CC)O[C@H]4[B]C)CCC1[C@H]2O. The zero-order chi connectivity index (χ0) is 19.4. The summed E-state index contributed by atoms with van der Waals surface area (Å²) in [5.74, 6) is 0.0984. The van der Waals surface area contributed by atoms with Crippen molar-refractivity contribution in [2.45, 2.75) is 88.1 Å². The Morgan fingerprint density at radius 1 is 1.11 bits per heavy atom. The van der Waals surface area contributed by atoms with Crippen molar-refractivity contribution >= 4 is 22.4 Å². The van der Waals surface area contributed by atoms with E-state index in [1.54, 1.807) is 0 Å². The lowest BCUT2D eigenvalue weighted by atomic mass is 9.68. The van der Waals surface area contributed by atoms with Crippen LogP contribution in [-0.4, -0.2) is 66.6 Å². The summed E-state index contributed by atoms with van der Waals surface area (Å²) < 4.78 is 35.9. The number of phosphoric acid groups is 1. The predicted molar refractivity (Wildman–Crippen MR) is 101 cm³/mol. The third-order valence-corrected chi connectivity index (χ3v) is 8.16. The molecule has 2 saturated heterocycles. The Bertz CT molecular complexity index is 624. The maximum Gasteiger partial charge on any atom is 0.472 e. The van der Waals surface area contributed by atoms with Crippen LogP contribution in [0.15, 0.2) is 0 Å².